The highest BCUT2D eigenvalue weighted by Gasteiger charge is 2.08. The van der Waals surface area contributed by atoms with Crippen LogP contribution in [0.5, 0.6) is 0 Å². The average molecular weight is 202 g/mol. The Morgan fingerprint density at radius 1 is 1.13 bits per heavy atom. The molecule has 1 aromatic carbocycles. The quantitative estimate of drug-likeness (QED) is 0.772. The predicted molar refractivity (Wildman–Crippen MR) is 65.3 cm³/mol. The van der Waals surface area contributed by atoms with Crippen molar-refractivity contribution in [3.63, 3.8) is 0 Å². The number of aromatic nitrogens is 1. The maximum absolute atomic E-state index is 5.63. The molecule has 0 bridgehead atoms. The molecule has 2 aromatic rings. The summed E-state index contributed by atoms with van der Waals surface area (Å²) in [5.74, 6) is 0. The molecule has 0 atom stereocenters. The van der Waals surface area contributed by atoms with Crippen LogP contribution in [0.2, 0.25) is 0 Å². The summed E-state index contributed by atoms with van der Waals surface area (Å²) in [5.41, 5.74) is 12.2. The normalized spacial score (nSPS) is 11.2. The van der Waals surface area contributed by atoms with E-state index in [4.69, 9.17) is 5.73 Å². The number of hydrogen-bond acceptors (Lipinski definition) is 1. The van der Waals surface area contributed by atoms with Crippen molar-refractivity contribution in [1.29, 1.82) is 0 Å². The molecule has 0 fully saturated rings. The standard InChI is InChI=1S/C13H18N2/c1-8-6-12-11(4-5-14)10(3)15-13(12)7-9(8)2/h6-7,15H,4-5,14H2,1-3H3. The third-order valence-electron chi connectivity index (χ3n) is 3.13. The number of nitrogens with one attached hydrogen (secondary N) is 1. The van der Waals surface area contributed by atoms with E-state index in [9.17, 15) is 0 Å². The molecule has 80 valence electrons. The summed E-state index contributed by atoms with van der Waals surface area (Å²) in [4.78, 5) is 3.42. The van der Waals surface area contributed by atoms with E-state index < -0.39 is 0 Å². The lowest BCUT2D eigenvalue weighted by atomic mass is 10.0. The zero-order valence-corrected chi connectivity index (χ0v) is 9.65. The van der Waals surface area contributed by atoms with Crippen molar-refractivity contribution in [2.24, 2.45) is 5.73 Å². The first-order chi connectivity index (χ1) is 7.13. The molecule has 0 aliphatic heterocycles. The molecule has 0 saturated heterocycles. The van der Waals surface area contributed by atoms with Crippen LogP contribution in [0, 0.1) is 20.8 Å². The molecule has 0 radical (unpaired) electrons. The molecule has 0 spiro atoms. The fourth-order valence-electron chi connectivity index (χ4n) is 2.12. The fourth-order valence-corrected chi connectivity index (χ4v) is 2.12. The first-order valence-electron chi connectivity index (χ1n) is 5.42. The summed E-state index contributed by atoms with van der Waals surface area (Å²) in [6.07, 6.45) is 0.953. The largest absolute Gasteiger partial charge is 0.358 e. The van der Waals surface area contributed by atoms with E-state index in [-0.39, 0.29) is 0 Å². The number of fused-ring (bicyclic) bond motifs is 1. The number of benzene rings is 1. The smallest absolute Gasteiger partial charge is 0.0461 e. The average Bonchev–Trinajstić information content (AvgIpc) is 2.46. The molecule has 3 N–H and O–H groups in total. The van der Waals surface area contributed by atoms with Crippen molar-refractivity contribution in [3.05, 3.63) is 34.5 Å². The van der Waals surface area contributed by atoms with Gasteiger partial charge in [0.1, 0.15) is 0 Å². The first kappa shape index (κ1) is 10.2. The highest BCUT2D eigenvalue weighted by Crippen LogP contribution is 2.25. The second-order valence-electron chi connectivity index (χ2n) is 4.25. The third-order valence-corrected chi connectivity index (χ3v) is 3.13. The van der Waals surface area contributed by atoms with Crippen LogP contribution in [-0.4, -0.2) is 11.5 Å². The van der Waals surface area contributed by atoms with Gasteiger partial charge in [-0.05, 0) is 62.6 Å². The van der Waals surface area contributed by atoms with Gasteiger partial charge in [-0.15, -0.1) is 0 Å². The van der Waals surface area contributed by atoms with E-state index in [2.05, 4.69) is 37.9 Å². The Kier molecular flexibility index (Phi) is 2.53. The number of rotatable bonds is 2. The van der Waals surface area contributed by atoms with Gasteiger partial charge in [-0.3, -0.25) is 0 Å². The van der Waals surface area contributed by atoms with Crippen LogP contribution < -0.4 is 5.73 Å². The highest BCUT2D eigenvalue weighted by atomic mass is 14.7. The number of nitrogens with two attached hydrogens (primary N) is 1. The van der Waals surface area contributed by atoms with Crippen LogP contribution >= 0.6 is 0 Å². The summed E-state index contributed by atoms with van der Waals surface area (Å²) in [5, 5.41) is 1.33. The van der Waals surface area contributed by atoms with Crippen molar-refractivity contribution in [1.82, 2.24) is 4.98 Å². The minimum Gasteiger partial charge on any atom is -0.358 e. The van der Waals surface area contributed by atoms with Crippen molar-refractivity contribution < 1.29 is 0 Å². The molecule has 0 amide bonds. The minimum atomic E-state index is 0.709. The maximum Gasteiger partial charge on any atom is 0.0461 e. The van der Waals surface area contributed by atoms with Gasteiger partial charge in [-0.2, -0.15) is 0 Å². The van der Waals surface area contributed by atoms with Gasteiger partial charge in [0.05, 0.1) is 0 Å². The van der Waals surface area contributed by atoms with E-state index in [1.54, 1.807) is 0 Å². The number of hydrogen-bond donors (Lipinski definition) is 2. The molecule has 0 aliphatic carbocycles. The molecule has 1 heterocycles. The lowest BCUT2D eigenvalue weighted by Gasteiger charge is -2.02. The highest BCUT2D eigenvalue weighted by molar-refractivity contribution is 5.86. The summed E-state index contributed by atoms with van der Waals surface area (Å²) >= 11 is 0. The van der Waals surface area contributed by atoms with E-state index in [0.717, 1.165) is 6.42 Å². The van der Waals surface area contributed by atoms with Crippen LogP contribution in [0.1, 0.15) is 22.4 Å². The van der Waals surface area contributed by atoms with Gasteiger partial charge < -0.3 is 10.7 Å². The second-order valence-corrected chi connectivity index (χ2v) is 4.25. The van der Waals surface area contributed by atoms with Crippen LogP contribution in [-0.2, 0) is 6.42 Å². The van der Waals surface area contributed by atoms with E-state index in [0.29, 0.717) is 6.54 Å². The summed E-state index contributed by atoms with van der Waals surface area (Å²) < 4.78 is 0. The maximum atomic E-state index is 5.63. The zero-order chi connectivity index (χ0) is 11.0. The number of H-pyrrole nitrogens is 1. The molecule has 0 aliphatic rings. The summed E-state index contributed by atoms with van der Waals surface area (Å²) in [6, 6.07) is 4.48. The predicted octanol–water partition coefficient (Wildman–Crippen LogP) is 2.59. The molecule has 2 rings (SSSR count). The van der Waals surface area contributed by atoms with E-state index in [1.807, 2.05) is 0 Å². The Bertz CT molecular complexity index is 495. The lowest BCUT2D eigenvalue weighted by molar-refractivity contribution is 0.963. The Labute approximate surface area is 90.5 Å². The molecule has 0 unspecified atom stereocenters. The Hall–Kier alpha value is -1.28. The Morgan fingerprint density at radius 2 is 1.80 bits per heavy atom. The van der Waals surface area contributed by atoms with Gasteiger partial charge in [0.15, 0.2) is 0 Å². The van der Waals surface area contributed by atoms with Crippen molar-refractivity contribution in [2.45, 2.75) is 27.2 Å². The van der Waals surface area contributed by atoms with Crippen molar-refractivity contribution in [3.8, 4) is 0 Å². The van der Waals surface area contributed by atoms with Gasteiger partial charge in [-0.1, -0.05) is 0 Å². The van der Waals surface area contributed by atoms with E-state index >= 15 is 0 Å². The summed E-state index contributed by atoms with van der Waals surface area (Å²) in [7, 11) is 0. The van der Waals surface area contributed by atoms with Gasteiger partial charge >= 0.3 is 0 Å². The molecule has 1 aromatic heterocycles. The monoisotopic (exact) mass is 202 g/mol. The van der Waals surface area contributed by atoms with E-state index in [1.165, 1.54) is 33.3 Å². The van der Waals surface area contributed by atoms with Gasteiger partial charge in [0.25, 0.3) is 0 Å². The Morgan fingerprint density at radius 3 is 2.47 bits per heavy atom. The fraction of sp³-hybridized carbons (Fsp3) is 0.385. The van der Waals surface area contributed by atoms with Gasteiger partial charge in [0.2, 0.25) is 0 Å². The summed E-state index contributed by atoms with van der Waals surface area (Å²) in [6.45, 7) is 7.13. The molecular weight excluding hydrogens is 184 g/mol. The molecular formula is C13H18N2. The SMILES string of the molecule is Cc1cc2[nH]c(C)c(CCN)c2cc1C. The number of aromatic amines is 1. The number of aryl methyl sites for hydroxylation is 3. The van der Waals surface area contributed by atoms with Gasteiger partial charge in [0, 0.05) is 16.6 Å². The molecule has 0 saturated carbocycles. The van der Waals surface area contributed by atoms with Crippen molar-refractivity contribution >= 4 is 10.9 Å². The van der Waals surface area contributed by atoms with Crippen LogP contribution in [0.4, 0.5) is 0 Å². The Balaban J connectivity index is 2.70. The molecule has 2 heteroatoms. The lowest BCUT2D eigenvalue weighted by Crippen LogP contribution is -2.03. The first-order valence-corrected chi connectivity index (χ1v) is 5.42. The second kappa shape index (κ2) is 3.70. The minimum absolute atomic E-state index is 0.709. The molecule has 15 heavy (non-hydrogen) atoms. The topological polar surface area (TPSA) is 41.8 Å². The van der Waals surface area contributed by atoms with Gasteiger partial charge in [-0.25, -0.2) is 0 Å². The van der Waals surface area contributed by atoms with Crippen LogP contribution in [0.15, 0.2) is 12.1 Å². The zero-order valence-electron chi connectivity index (χ0n) is 9.65. The third kappa shape index (κ3) is 1.65. The molecule has 2 nitrogen and oxygen atoms in total. The van der Waals surface area contributed by atoms with Crippen LogP contribution in [0.25, 0.3) is 10.9 Å². The van der Waals surface area contributed by atoms with Crippen molar-refractivity contribution in [2.75, 3.05) is 6.54 Å². The van der Waals surface area contributed by atoms with Crippen LogP contribution in [0.3, 0.4) is 0 Å².